The lowest BCUT2D eigenvalue weighted by Gasteiger charge is -2.14. The predicted octanol–water partition coefficient (Wildman–Crippen LogP) is 1.57. The minimum Gasteiger partial charge on any atom is -0.478 e. The third-order valence-electron chi connectivity index (χ3n) is 2.11. The van der Waals surface area contributed by atoms with E-state index in [-0.39, 0.29) is 18.7 Å². The summed E-state index contributed by atoms with van der Waals surface area (Å²) in [5.41, 5.74) is 0.610. The van der Waals surface area contributed by atoms with Crippen LogP contribution in [0.5, 0.6) is 0 Å². The van der Waals surface area contributed by atoms with Crippen molar-refractivity contribution in [2.24, 2.45) is 0 Å². The highest BCUT2D eigenvalue weighted by molar-refractivity contribution is 9.10. The molecule has 1 aromatic carbocycles. The number of benzene rings is 1. The number of aromatic carboxylic acids is 1. The summed E-state index contributed by atoms with van der Waals surface area (Å²) in [4.78, 5) is 11.1. The second-order valence-electron chi connectivity index (χ2n) is 3.46. The van der Waals surface area contributed by atoms with E-state index in [9.17, 15) is 9.90 Å². The van der Waals surface area contributed by atoms with E-state index in [1.54, 1.807) is 18.2 Å². The molecule has 94 valence electrons. The first kappa shape index (κ1) is 14.0. The molecular formula is C11H14BrNO4. The van der Waals surface area contributed by atoms with Gasteiger partial charge in [0.2, 0.25) is 0 Å². The molecule has 0 aliphatic heterocycles. The van der Waals surface area contributed by atoms with Crippen molar-refractivity contribution in [3.8, 4) is 0 Å². The molecule has 1 unspecified atom stereocenters. The van der Waals surface area contributed by atoms with Crippen LogP contribution in [0.25, 0.3) is 0 Å². The lowest BCUT2D eigenvalue weighted by atomic mass is 10.1. The van der Waals surface area contributed by atoms with Crippen LogP contribution in [-0.2, 0) is 4.74 Å². The van der Waals surface area contributed by atoms with Gasteiger partial charge in [-0.2, -0.15) is 0 Å². The SMILES string of the molecule is COCC(O)CNc1cccc(Br)c1C(=O)O. The Hall–Kier alpha value is -1.11. The second kappa shape index (κ2) is 6.58. The van der Waals surface area contributed by atoms with Crippen molar-refractivity contribution < 1.29 is 19.7 Å². The molecule has 1 rings (SSSR count). The Balaban J connectivity index is 2.77. The van der Waals surface area contributed by atoms with Gasteiger partial charge >= 0.3 is 5.97 Å². The van der Waals surface area contributed by atoms with Gasteiger partial charge in [-0.25, -0.2) is 4.79 Å². The Labute approximate surface area is 108 Å². The van der Waals surface area contributed by atoms with Crippen molar-refractivity contribution in [2.45, 2.75) is 6.10 Å². The van der Waals surface area contributed by atoms with Crippen LogP contribution in [0.4, 0.5) is 5.69 Å². The van der Waals surface area contributed by atoms with Gasteiger partial charge in [-0.1, -0.05) is 6.07 Å². The van der Waals surface area contributed by atoms with Gasteiger partial charge in [0.1, 0.15) is 0 Å². The molecule has 17 heavy (non-hydrogen) atoms. The number of methoxy groups -OCH3 is 1. The van der Waals surface area contributed by atoms with Crippen LogP contribution >= 0.6 is 15.9 Å². The quantitative estimate of drug-likeness (QED) is 0.743. The monoisotopic (exact) mass is 303 g/mol. The number of carbonyl (C=O) groups is 1. The van der Waals surface area contributed by atoms with Gasteiger partial charge in [0.25, 0.3) is 0 Å². The molecule has 5 nitrogen and oxygen atoms in total. The Morgan fingerprint density at radius 1 is 1.59 bits per heavy atom. The molecule has 0 saturated carbocycles. The van der Waals surface area contributed by atoms with E-state index in [1.807, 2.05) is 0 Å². The van der Waals surface area contributed by atoms with E-state index < -0.39 is 12.1 Å². The number of halogens is 1. The fourth-order valence-electron chi connectivity index (χ4n) is 1.37. The van der Waals surface area contributed by atoms with Crippen LogP contribution in [0, 0.1) is 0 Å². The smallest absolute Gasteiger partial charge is 0.338 e. The molecule has 0 fully saturated rings. The highest BCUT2D eigenvalue weighted by Gasteiger charge is 2.14. The lowest BCUT2D eigenvalue weighted by Crippen LogP contribution is -2.24. The van der Waals surface area contributed by atoms with Crippen molar-refractivity contribution in [3.05, 3.63) is 28.2 Å². The Morgan fingerprint density at radius 3 is 2.88 bits per heavy atom. The standard InChI is InChI=1S/C11H14BrNO4/c1-17-6-7(14)5-13-9-4-2-3-8(12)10(9)11(15)16/h2-4,7,13-14H,5-6H2,1H3,(H,15,16). The molecule has 1 atom stereocenters. The van der Waals surface area contributed by atoms with Gasteiger partial charge < -0.3 is 20.3 Å². The summed E-state index contributed by atoms with van der Waals surface area (Å²) in [5, 5.41) is 21.4. The summed E-state index contributed by atoms with van der Waals surface area (Å²) in [6.07, 6.45) is -0.680. The molecule has 0 saturated heterocycles. The van der Waals surface area contributed by atoms with Crippen LogP contribution in [-0.4, -0.2) is 42.5 Å². The number of hydrogen-bond acceptors (Lipinski definition) is 4. The third kappa shape index (κ3) is 3.99. The molecule has 0 heterocycles. The van der Waals surface area contributed by atoms with Crippen molar-refractivity contribution in [2.75, 3.05) is 25.6 Å². The zero-order valence-corrected chi connectivity index (χ0v) is 10.9. The van der Waals surface area contributed by atoms with Gasteiger partial charge in [0, 0.05) is 23.8 Å². The number of aliphatic hydroxyl groups excluding tert-OH is 1. The lowest BCUT2D eigenvalue weighted by molar-refractivity contribution is 0.0692. The van der Waals surface area contributed by atoms with E-state index in [0.717, 1.165) is 0 Å². The average Bonchev–Trinajstić information content (AvgIpc) is 2.26. The molecule has 0 aliphatic rings. The van der Waals surface area contributed by atoms with Crippen LogP contribution in [0.3, 0.4) is 0 Å². The van der Waals surface area contributed by atoms with Crippen molar-refractivity contribution >= 4 is 27.6 Å². The molecule has 0 bridgehead atoms. The highest BCUT2D eigenvalue weighted by atomic mass is 79.9. The van der Waals surface area contributed by atoms with Crippen molar-refractivity contribution in [1.29, 1.82) is 0 Å². The number of carboxylic acid groups (broad SMARTS) is 1. The van der Waals surface area contributed by atoms with Gasteiger partial charge in [0.15, 0.2) is 0 Å². The number of anilines is 1. The predicted molar refractivity (Wildman–Crippen MR) is 67.5 cm³/mol. The summed E-state index contributed by atoms with van der Waals surface area (Å²) in [5.74, 6) is -1.03. The van der Waals surface area contributed by atoms with Crippen LogP contribution < -0.4 is 5.32 Å². The van der Waals surface area contributed by atoms with Crippen LogP contribution in [0.1, 0.15) is 10.4 Å². The normalized spacial score (nSPS) is 12.2. The summed E-state index contributed by atoms with van der Waals surface area (Å²) in [7, 11) is 1.49. The minimum absolute atomic E-state index is 0.150. The minimum atomic E-state index is -1.03. The number of rotatable bonds is 6. The fraction of sp³-hybridized carbons (Fsp3) is 0.364. The van der Waals surface area contributed by atoms with E-state index >= 15 is 0 Å². The zero-order valence-electron chi connectivity index (χ0n) is 9.31. The Kier molecular flexibility index (Phi) is 5.40. The zero-order chi connectivity index (χ0) is 12.8. The van der Waals surface area contributed by atoms with E-state index in [2.05, 4.69) is 21.2 Å². The topological polar surface area (TPSA) is 78.8 Å². The highest BCUT2D eigenvalue weighted by Crippen LogP contribution is 2.24. The molecule has 3 N–H and O–H groups in total. The number of carboxylic acids is 1. The maximum Gasteiger partial charge on any atom is 0.338 e. The first-order valence-electron chi connectivity index (χ1n) is 4.99. The maximum atomic E-state index is 11.1. The largest absolute Gasteiger partial charge is 0.478 e. The summed E-state index contributed by atoms with van der Waals surface area (Å²) < 4.78 is 5.27. The molecule has 1 aromatic rings. The summed E-state index contributed by atoms with van der Waals surface area (Å²) in [6.45, 7) is 0.425. The molecule has 6 heteroatoms. The molecule has 0 aliphatic carbocycles. The van der Waals surface area contributed by atoms with Gasteiger partial charge in [0.05, 0.1) is 18.3 Å². The van der Waals surface area contributed by atoms with Gasteiger partial charge in [-0.3, -0.25) is 0 Å². The van der Waals surface area contributed by atoms with Gasteiger partial charge in [-0.15, -0.1) is 0 Å². The van der Waals surface area contributed by atoms with E-state index in [4.69, 9.17) is 9.84 Å². The molecule has 0 radical (unpaired) electrons. The number of nitrogens with one attached hydrogen (secondary N) is 1. The maximum absolute atomic E-state index is 11.1. The molecule has 0 spiro atoms. The van der Waals surface area contributed by atoms with Crippen LogP contribution in [0.2, 0.25) is 0 Å². The van der Waals surface area contributed by atoms with E-state index in [1.165, 1.54) is 7.11 Å². The van der Waals surface area contributed by atoms with Gasteiger partial charge in [-0.05, 0) is 28.1 Å². The van der Waals surface area contributed by atoms with Crippen molar-refractivity contribution in [3.63, 3.8) is 0 Å². The number of hydrogen-bond donors (Lipinski definition) is 3. The average molecular weight is 304 g/mol. The molecule has 0 amide bonds. The molecule has 0 aromatic heterocycles. The van der Waals surface area contributed by atoms with Crippen LogP contribution in [0.15, 0.2) is 22.7 Å². The summed E-state index contributed by atoms with van der Waals surface area (Å²) in [6, 6.07) is 5.02. The van der Waals surface area contributed by atoms with E-state index in [0.29, 0.717) is 10.2 Å². The summed E-state index contributed by atoms with van der Waals surface area (Å²) >= 11 is 3.18. The third-order valence-corrected chi connectivity index (χ3v) is 2.78. The van der Waals surface area contributed by atoms with Crippen molar-refractivity contribution in [1.82, 2.24) is 0 Å². The first-order chi connectivity index (χ1) is 8.06. The number of ether oxygens (including phenoxy) is 1. The number of aliphatic hydroxyl groups is 1. The molecular weight excluding hydrogens is 290 g/mol. The fourth-order valence-corrected chi connectivity index (χ4v) is 1.90. The Bertz CT molecular complexity index is 397. The first-order valence-corrected chi connectivity index (χ1v) is 5.78. The second-order valence-corrected chi connectivity index (χ2v) is 4.31. The Morgan fingerprint density at radius 2 is 2.29 bits per heavy atom.